The molecule has 1 atom stereocenters. The number of carbonyl (C=O) groups excluding carboxylic acids is 3. The van der Waals surface area contributed by atoms with E-state index in [4.69, 9.17) is 14.2 Å². The molecule has 0 N–H and O–H groups in total. The highest BCUT2D eigenvalue weighted by Gasteiger charge is 2.19. The van der Waals surface area contributed by atoms with Gasteiger partial charge in [-0.05, 0) is 64.2 Å². The average Bonchev–Trinajstić information content (AvgIpc) is 3.22. The summed E-state index contributed by atoms with van der Waals surface area (Å²) in [5.41, 5.74) is 0. The van der Waals surface area contributed by atoms with Gasteiger partial charge in [0.2, 0.25) is 0 Å². The van der Waals surface area contributed by atoms with Crippen LogP contribution >= 0.6 is 0 Å². The van der Waals surface area contributed by atoms with Crippen molar-refractivity contribution < 1.29 is 28.6 Å². The molecule has 0 aromatic rings. The molecule has 0 aliphatic rings. The summed E-state index contributed by atoms with van der Waals surface area (Å²) >= 11 is 0. The van der Waals surface area contributed by atoms with Crippen molar-refractivity contribution in [2.24, 2.45) is 0 Å². The summed E-state index contributed by atoms with van der Waals surface area (Å²) in [6, 6.07) is 0. The molecular formula is C52H96O6. The van der Waals surface area contributed by atoms with E-state index in [2.05, 4.69) is 45.1 Å². The van der Waals surface area contributed by atoms with Crippen LogP contribution in [0.1, 0.15) is 271 Å². The van der Waals surface area contributed by atoms with Gasteiger partial charge in [0.05, 0.1) is 0 Å². The maximum absolute atomic E-state index is 12.7. The van der Waals surface area contributed by atoms with E-state index in [0.29, 0.717) is 19.3 Å². The predicted octanol–water partition coefficient (Wildman–Crippen LogP) is 16.4. The van der Waals surface area contributed by atoms with Crippen LogP contribution in [0, 0.1) is 0 Å². The lowest BCUT2D eigenvalue weighted by atomic mass is 10.0. The van der Waals surface area contributed by atoms with E-state index in [0.717, 1.165) is 70.6 Å². The zero-order chi connectivity index (χ0) is 42.3. The Labute approximate surface area is 360 Å². The summed E-state index contributed by atoms with van der Waals surface area (Å²) in [6.45, 7) is 6.58. The van der Waals surface area contributed by atoms with Crippen molar-refractivity contribution in [3.05, 3.63) is 24.3 Å². The Morgan fingerprint density at radius 1 is 0.328 bits per heavy atom. The van der Waals surface area contributed by atoms with E-state index in [9.17, 15) is 14.4 Å². The Morgan fingerprint density at radius 2 is 0.603 bits per heavy atom. The molecule has 58 heavy (non-hydrogen) atoms. The molecule has 340 valence electrons. The molecule has 0 saturated heterocycles. The molecule has 0 amide bonds. The Bertz CT molecular complexity index is 942. The molecule has 0 heterocycles. The summed E-state index contributed by atoms with van der Waals surface area (Å²) in [5, 5.41) is 0. The van der Waals surface area contributed by atoms with Crippen LogP contribution < -0.4 is 0 Å². The number of esters is 3. The number of unbranched alkanes of at least 4 members (excludes halogenated alkanes) is 31. The van der Waals surface area contributed by atoms with Gasteiger partial charge in [-0.2, -0.15) is 0 Å². The maximum atomic E-state index is 12.7. The van der Waals surface area contributed by atoms with E-state index < -0.39 is 6.10 Å². The van der Waals surface area contributed by atoms with Crippen LogP contribution in [0.25, 0.3) is 0 Å². The van der Waals surface area contributed by atoms with Gasteiger partial charge in [-0.3, -0.25) is 14.4 Å². The zero-order valence-electron chi connectivity index (χ0n) is 38.8. The lowest BCUT2D eigenvalue weighted by Crippen LogP contribution is -2.30. The average molecular weight is 817 g/mol. The lowest BCUT2D eigenvalue weighted by Gasteiger charge is -2.18. The first kappa shape index (κ1) is 55.9. The first-order valence-electron chi connectivity index (χ1n) is 25.3. The van der Waals surface area contributed by atoms with E-state index >= 15 is 0 Å². The number of carbonyl (C=O) groups is 3. The van der Waals surface area contributed by atoms with Crippen molar-refractivity contribution in [3.63, 3.8) is 0 Å². The van der Waals surface area contributed by atoms with Crippen LogP contribution in [0.5, 0.6) is 0 Å². The first-order valence-corrected chi connectivity index (χ1v) is 25.3. The number of ether oxygens (including phenoxy) is 3. The van der Waals surface area contributed by atoms with Gasteiger partial charge in [0.25, 0.3) is 0 Å². The second-order valence-corrected chi connectivity index (χ2v) is 17.1. The summed E-state index contributed by atoms with van der Waals surface area (Å²) < 4.78 is 16.7. The second kappa shape index (κ2) is 47.6. The zero-order valence-corrected chi connectivity index (χ0v) is 38.8. The molecular weight excluding hydrogens is 721 g/mol. The Kier molecular flexibility index (Phi) is 45.8. The fraction of sp³-hybridized carbons (Fsp3) is 0.865. The molecule has 0 aliphatic carbocycles. The van der Waals surface area contributed by atoms with Crippen molar-refractivity contribution in [2.45, 2.75) is 277 Å². The topological polar surface area (TPSA) is 78.9 Å². The molecule has 0 aliphatic heterocycles. The first-order chi connectivity index (χ1) is 28.5. The number of hydrogen-bond donors (Lipinski definition) is 0. The van der Waals surface area contributed by atoms with Gasteiger partial charge in [0.1, 0.15) is 13.2 Å². The molecule has 0 spiro atoms. The molecule has 6 heteroatoms. The van der Waals surface area contributed by atoms with Crippen LogP contribution in [0.2, 0.25) is 0 Å². The Balaban J connectivity index is 4.29. The van der Waals surface area contributed by atoms with Crippen LogP contribution in [0.4, 0.5) is 0 Å². The van der Waals surface area contributed by atoms with Gasteiger partial charge in [0, 0.05) is 19.3 Å². The summed E-state index contributed by atoms with van der Waals surface area (Å²) in [4.78, 5) is 37.8. The second-order valence-electron chi connectivity index (χ2n) is 17.1. The molecule has 0 rings (SSSR count). The highest BCUT2D eigenvalue weighted by atomic mass is 16.6. The third kappa shape index (κ3) is 45.0. The van der Waals surface area contributed by atoms with Gasteiger partial charge in [-0.1, -0.05) is 212 Å². The fourth-order valence-corrected chi connectivity index (χ4v) is 7.32. The normalized spacial score (nSPS) is 12.1. The molecule has 6 nitrogen and oxygen atoms in total. The lowest BCUT2D eigenvalue weighted by molar-refractivity contribution is -0.167. The standard InChI is InChI=1S/C52H96O6/c1-4-7-10-13-16-19-22-24-25-26-27-28-29-31-33-36-39-42-45-51(54)57-48-49(47-56-50(53)44-41-38-35-32-21-18-15-12-9-6-3)58-52(55)46-43-40-37-34-30-23-20-17-14-11-8-5-2/h12,15,25-26,49H,4-11,13-14,16-24,27-48H2,1-3H3/b15-12-,26-25-. The molecule has 1 unspecified atom stereocenters. The van der Waals surface area contributed by atoms with Gasteiger partial charge in [0.15, 0.2) is 6.10 Å². The predicted molar refractivity (Wildman–Crippen MR) is 247 cm³/mol. The number of rotatable bonds is 46. The van der Waals surface area contributed by atoms with E-state index in [1.165, 1.54) is 161 Å². The summed E-state index contributed by atoms with van der Waals surface area (Å²) in [7, 11) is 0. The van der Waals surface area contributed by atoms with Gasteiger partial charge in [-0.25, -0.2) is 0 Å². The Hall–Kier alpha value is -2.11. The quantitative estimate of drug-likeness (QED) is 0.0263. The van der Waals surface area contributed by atoms with E-state index in [1.54, 1.807) is 0 Å². The number of hydrogen-bond acceptors (Lipinski definition) is 6. The molecule has 0 aromatic heterocycles. The maximum Gasteiger partial charge on any atom is 0.306 e. The minimum absolute atomic E-state index is 0.0729. The molecule has 0 saturated carbocycles. The van der Waals surface area contributed by atoms with Crippen LogP contribution in [-0.2, 0) is 28.6 Å². The molecule has 0 radical (unpaired) electrons. The summed E-state index contributed by atoms with van der Waals surface area (Å²) in [5.74, 6) is -0.878. The smallest absolute Gasteiger partial charge is 0.306 e. The number of allylic oxidation sites excluding steroid dienone is 4. The van der Waals surface area contributed by atoms with Gasteiger partial charge < -0.3 is 14.2 Å². The van der Waals surface area contributed by atoms with Crippen molar-refractivity contribution in [1.82, 2.24) is 0 Å². The monoisotopic (exact) mass is 817 g/mol. The van der Waals surface area contributed by atoms with Crippen LogP contribution in [0.3, 0.4) is 0 Å². The van der Waals surface area contributed by atoms with E-state index in [-0.39, 0.29) is 31.1 Å². The van der Waals surface area contributed by atoms with Gasteiger partial charge in [-0.15, -0.1) is 0 Å². The van der Waals surface area contributed by atoms with Crippen LogP contribution in [0.15, 0.2) is 24.3 Å². The van der Waals surface area contributed by atoms with Crippen LogP contribution in [-0.4, -0.2) is 37.2 Å². The van der Waals surface area contributed by atoms with Gasteiger partial charge >= 0.3 is 17.9 Å². The largest absolute Gasteiger partial charge is 0.462 e. The third-order valence-corrected chi connectivity index (χ3v) is 11.2. The minimum Gasteiger partial charge on any atom is -0.462 e. The Morgan fingerprint density at radius 3 is 0.931 bits per heavy atom. The van der Waals surface area contributed by atoms with Crippen molar-refractivity contribution in [1.29, 1.82) is 0 Å². The highest BCUT2D eigenvalue weighted by molar-refractivity contribution is 5.71. The highest BCUT2D eigenvalue weighted by Crippen LogP contribution is 2.15. The summed E-state index contributed by atoms with van der Waals surface area (Å²) in [6.07, 6.45) is 53.1. The van der Waals surface area contributed by atoms with E-state index in [1.807, 2.05) is 0 Å². The third-order valence-electron chi connectivity index (χ3n) is 11.2. The SMILES string of the molecule is CCC/C=C\CCCCCCCC(=O)OCC(COC(=O)CCCCCCCCC/C=C\CCCCCCCCC)OC(=O)CCCCCCCCCCCCCC. The fourth-order valence-electron chi connectivity index (χ4n) is 7.32. The molecule has 0 bridgehead atoms. The minimum atomic E-state index is -0.770. The van der Waals surface area contributed by atoms with Crippen molar-refractivity contribution in [2.75, 3.05) is 13.2 Å². The van der Waals surface area contributed by atoms with Crippen molar-refractivity contribution >= 4 is 17.9 Å². The van der Waals surface area contributed by atoms with Crippen molar-refractivity contribution in [3.8, 4) is 0 Å². The molecule has 0 aromatic carbocycles. The molecule has 0 fully saturated rings.